The van der Waals surface area contributed by atoms with E-state index in [1.807, 2.05) is 97.1 Å². The summed E-state index contributed by atoms with van der Waals surface area (Å²) < 4.78 is 9.23. The Kier molecular flexibility index (Phi) is 19.6. The number of hydrogen-bond acceptors (Lipinski definition) is 11. The van der Waals surface area contributed by atoms with Crippen molar-refractivity contribution in [1.29, 1.82) is 0 Å². The van der Waals surface area contributed by atoms with E-state index in [1.165, 1.54) is 17.9 Å². The molecule has 18 heteroatoms. The summed E-state index contributed by atoms with van der Waals surface area (Å²) in [6.07, 6.45) is 9.48. The number of benzene rings is 4. The minimum Gasteiger partial charge on any atom is -0.508 e. The fourth-order valence-corrected chi connectivity index (χ4v) is 6.45. The van der Waals surface area contributed by atoms with Gasteiger partial charge in [-0.2, -0.15) is 0 Å². The summed E-state index contributed by atoms with van der Waals surface area (Å²) in [5.41, 5.74) is 12.0. The number of imidazole rings is 1. The number of carboxylic acids is 2. The van der Waals surface area contributed by atoms with Gasteiger partial charge >= 0.3 is 23.7 Å². The number of urea groups is 1. The number of carbonyl (C=O) groups is 3. The number of nitrogens with one attached hydrogen (secondary N) is 2. The minimum absolute atomic E-state index is 0.0166. The third-order valence-electron chi connectivity index (χ3n) is 9.84. The highest BCUT2D eigenvalue weighted by Gasteiger charge is 2.21. The first-order valence-electron chi connectivity index (χ1n) is 20.8. The number of nitrogens with zero attached hydrogens (tertiary/aromatic N) is 5. The number of primary amides is 1. The van der Waals surface area contributed by atoms with Crippen LogP contribution in [0.3, 0.4) is 0 Å². The Balaban J connectivity index is 0.000000189. The van der Waals surface area contributed by atoms with Crippen LogP contribution in [0.4, 0.5) is 16.2 Å². The Bertz CT molecular complexity index is 2660. The fourth-order valence-electron chi connectivity index (χ4n) is 6.45. The van der Waals surface area contributed by atoms with Crippen molar-refractivity contribution in [3.8, 4) is 11.5 Å². The van der Waals surface area contributed by atoms with Crippen molar-refractivity contribution in [1.82, 2.24) is 29.3 Å². The van der Waals surface area contributed by atoms with Gasteiger partial charge in [0.15, 0.2) is 11.2 Å². The quantitative estimate of drug-likeness (QED) is 0.100. The maximum Gasteiger partial charge on any atom is 0.332 e. The third kappa shape index (κ3) is 14.9. The molecule has 2 amide bonds. The van der Waals surface area contributed by atoms with Crippen molar-refractivity contribution in [3.63, 3.8) is 0 Å². The zero-order valence-corrected chi connectivity index (χ0v) is 37.3. The molecule has 2 aliphatic rings. The van der Waals surface area contributed by atoms with Crippen molar-refractivity contribution in [2.45, 2.75) is 25.9 Å². The van der Waals surface area contributed by atoms with Crippen LogP contribution in [0.1, 0.15) is 47.1 Å². The first kappa shape index (κ1) is 50.8. The van der Waals surface area contributed by atoms with Gasteiger partial charge in [-0.25, -0.2) is 14.6 Å². The van der Waals surface area contributed by atoms with Gasteiger partial charge in [0, 0.05) is 60.2 Å². The highest BCUT2D eigenvalue weighted by atomic mass is 16.5. The number of aromatic hydroxyl groups is 1. The van der Waals surface area contributed by atoms with Gasteiger partial charge in [0.25, 0.3) is 5.56 Å². The molecule has 4 heterocycles. The number of phenols is 1. The van der Waals surface area contributed by atoms with E-state index in [0.717, 1.165) is 75.7 Å². The zero-order valence-electron chi connectivity index (χ0n) is 37.3. The molecular weight excluding hydrogens is 849 g/mol. The number of aromatic nitrogens is 4. The van der Waals surface area contributed by atoms with Gasteiger partial charge < -0.3 is 46.1 Å². The molecule has 1 fully saturated rings. The van der Waals surface area contributed by atoms with E-state index in [4.69, 9.17) is 20.7 Å². The Hall–Kier alpha value is -7.80. The lowest BCUT2D eigenvalue weighted by Gasteiger charge is -2.22. The number of fused-ring (bicyclic) bond motifs is 3. The van der Waals surface area contributed by atoms with Crippen LogP contribution < -0.4 is 37.3 Å². The van der Waals surface area contributed by atoms with E-state index < -0.39 is 18.0 Å². The number of carbonyl (C=O) groups excluding carboxylic acids is 1. The zero-order chi connectivity index (χ0) is 48.2. The van der Waals surface area contributed by atoms with E-state index in [1.54, 1.807) is 48.9 Å². The summed E-state index contributed by atoms with van der Waals surface area (Å²) in [6, 6.07) is 27.5. The summed E-state index contributed by atoms with van der Waals surface area (Å²) in [5, 5.41) is 40.9. The molecule has 66 heavy (non-hydrogen) atoms. The molecule has 2 aromatic heterocycles. The van der Waals surface area contributed by atoms with Gasteiger partial charge in [0.2, 0.25) is 0 Å². The van der Waals surface area contributed by atoms with Gasteiger partial charge in [0.1, 0.15) is 11.5 Å². The Morgan fingerprint density at radius 2 is 1.29 bits per heavy atom. The summed E-state index contributed by atoms with van der Waals surface area (Å²) >= 11 is 0. The number of aliphatic hydroxyl groups excluding tert-OH is 1. The largest absolute Gasteiger partial charge is 0.508 e. The lowest BCUT2D eigenvalue weighted by molar-refractivity contribution is -0.138. The average Bonchev–Trinajstić information content (AvgIpc) is 3.63. The van der Waals surface area contributed by atoms with Crippen molar-refractivity contribution in [2.75, 3.05) is 38.2 Å². The monoisotopic (exact) mass is 904 g/mol. The number of methoxy groups -OCH3 is 1. The highest BCUT2D eigenvalue weighted by Crippen LogP contribution is 2.35. The molecule has 0 atom stereocenters. The number of phenolic OH excluding ortho intramolecular Hbond substituents is 1. The molecule has 0 bridgehead atoms. The molecule has 0 spiro atoms. The van der Waals surface area contributed by atoms with Crippen LogP contribution in [0, 0.1) is 0 Å². The lowest BCUT2D eigenvalue weighted by atomic mass is 10.1. The predicted molar refractivity (Wildman–Crippen MR) is 256 cm³/mol. The molecule has 0 aliphatic carbocycles. The molecule has 8 N–H and O–H groups in total. The van der Waals surface area contributed by atoms with Crippen LogP contribution in [-0.2, 0) is 37.3 Å². The molecule has 8 rings (SSSR count). The van der Waals surface area contributed by atoms with Gasteiger partial charge in [-0.3, -0.25) is 28.4 Å². The summed E-state index contributed by atoms with van der Waals surface area (Å²) in [7, 11) is 6.37. The number of rotatable bonds is 8. The smallest absolute Gasteiger partial charge is 0.332 e. The van der Waals surface area contributed by atoms with Crippen LogP contribution in [0.2, 0.25) is 0 Å². The van der Waals surface area contributed by atoms with Crippen LogP contribution in [0.5, 0.6) is 11.5 Å². The number of aliphatic hydroxyl groups is 1. The predicted octanol–water partition coefficient (Wildman–Crippen LogP) is 4.93. The number of anilines is 2. The summed E-state index contributed by atoms with van der Waals surface area (Å²) in [6.45, 7) is 4.54. The number of nitrogens with two attached hydrogens (primary N) is 1. The van der Waals surface area contributed by atoms with E-state index in [2.05, 4.69) is 15.6 Å². The van der Waals surface area contributed by atoms with E-state index in [-0.39, 0.29) is 42.9 Å². The first-order valence-corrected chi connectivity index (χ1v) is 20.8. The minimum atomic E-state index is -0.948. The molecule has 1 saturated heterocycles. The topological polar surface area (TPSA) is 256 Å². The molecule has 0 radical (unpaired) electrons. The number of hydrogen-bond donors (Lipinski definition) is 7. The molecular formula is C48H56N8O10. The maximum atomic E-state index is 11.8. The Morgan fingerprint density at radius 1 is 0.758 bits per heavy atom. The normalized spacial score (nSPS) is 12.3. The number of amides is 2. The lowest BCUT2D eigenvalue weighted by Crippen LogP contribution is -2.39. The summed E-state index contributed by atoms with van der Waals surface area (Å²) in [4.78, 5) is 60.0. The number of piperazine rings is 1. The molecule has 4 aromatic carbocycles. The first-order chi connectivity index (χ1) is 31.6. The van der Waals surface area contributed by atoms with Crippen molar-refractivity contribution in [3.05, 3.63) is 146 Å². The van der Waals surface area contributed by atoms with Crippen LogP contribution in [0.15, 0.2) is 107 Å². The van der Waals surface area contributed by atoms with Crippen molar-refractivity contribution >= 4 is 64.8 Å². The van der Waals surface area contributed by atoms with Crippen molar-refractivity contribution in [2.24, 2.45) is 26.9 Å². The summed E-state index contributed by atoms with van der Waals surface area (Å²) in [5.74, 6) is -0.925. The second-order valence-electron chi connectivity index (χ2n) is 14.7. The average molecular weight is 905 g/mol. The maximum absolute atomic E-state index is 11.8. The van der Waals surface area contributed by atoms with Gasteiger partial charge in [-0.1, -0.05) is 72.8 Å². The fraction of sp³-hybridized carbons (Fsp3) is 0.250. The second kappa shape index (κ2) is 25.5. The number of para-hydroxylation sites is 2. The molecule has 6 aromatic rings. The molecule has 0 unspecified atom stereocenters. The van der Waals surface area contributed by atoms with Crippen LogP contribution in [-0.4, -0.2) is 90.4 Å². The van der Waals surface area contributed by atoms with E-state index >= 15 is 0 Å². The Morgan fingerprint density at radius 3 is 1.77 bits per heavy atom. The van der Waals surface area contributed by atoms with Crippen LogP contribution >= 0.6 is 0 Å². The van der Waals surface area contributed by atoms with Crippen LogP contribution in [0.25, 0.3) is 35.5 Å². The van der Waals surface area contributed by atoms with Gasteiger partial charge in [-0.15, -0.1) is 0 Å². The van der Waals surface area contributed by atoms with Crippen molar-refractivity contribution < 1.29 is 39.5 Å². The molecule has 348 valence electrons. The van der Waals surface area contributed by atoms with Gasteiger partial charge in [-0.05, 0) is 76.7 Å². The number of carboxylic acid groups (broad SMARTS) is 2. The van der Waals surface area contributed by atoms with Gasteiger partial charge in [0.05, 0.1) is 31.4 Å². The number of aliphatic carboxylic acids is 2. The number of ether oxygens (including phenoxy) is 1. The molecule has 18 nitrogen and oxygen atoms in total. The second-order valence-corrected chi connectivity index (χ2v) is 14.7. The van der Waals surface area contributed by atoms with E-state index in [0.29, 0.717) is 11.2 Å². The third-order valence-corrected chi connectivity index (χ3v) is 9.84. The molecule has 2 aliphatic heterocycles. The number of aryl methyl sites for hydroxylation is 2. The standard InChI is InChI=1S/C16H16O3.C15H12N2O.C8H10N4O2.C5H8O4.C4H10N2/c1-19-16-9-13(8-14(10-16)11-17)3-2-12-4-6-15(18)7-5-12;16-15(18)17-13-7-3-1-5-11(13)9-10-12-6-2-4-8-14(12)17;1-10-4-9-6-5(10)7(13)12(3)8(14)11(6)2;6-4(7)2-1-3-5(8)9;1-2-6-4-3-5-1/h2-10,17-18H,11H2,1H3;1-10H,(H2,16,18);4H,1-3H3;1-3H2,(H,6,7)(H,8,9);5-6H,1-4H2/b3-2+;;;;. The van der Waals surface area contributed by atoms with E-state index in [9.17, 15) is 34.2 Å². The highest BCUT2D eigenvalue weighted by molar-refractivity contribution is 6.04. The Labute approximate surface area is 381 Å². The SMILES string of the molecule is C1CNCCN1.COc1cc(/C=C/c2ccc(O)cc2)cc(CO)c1.Cn1c(=O)c2c(ncn2C)n(C)c1=O.NC(=O)N1c2ccccc2C=Cc2ccccc21.O=C(O)CCCC(=O)O. The molecule has 0 saturated carbocycles.